The van der Waals surface area contributed by atoms with Gasteiger partial charge in [-0.15, -0.1) is 0 Å². The number of halogens is 1. The van der Waals surface area contributed by atoms with Crippen molar-refractivity contribution in [1.82, 2.24) is 9.78 Å². The zero-order chi connectivity index (χ0) is 12.4. The maximum absolute atomic E-state index is 6.17. The van der Waals surface area contributed by atoms with Crippen LogP contribution >= 0.6 is 11.6 Å². The van der Waals surface area contributed by atoms with Crippen molar-refractivity contribution < 1.29 is 0 Å². The predicted octanol–water partition coefficient (Wildman–Crippen LogP) is 2.78. The van der Waals surface area contributed by atoms with Crippen LogP contribution in [0.1, 0.15) is 13.3 Å². The third-order valence-electron chi connectivity index (χ3n) is 2.58. The highest BCUT2D eigenvalue weighted by molar-refractivity contribution is 6.33. The third-order valence-corrected chi connectivity index (χ3v) is 2.91. The second kappa shape index (κ2) is 4.67. The van der Waals surface area contributed by atoms with Gasteiger partial charge in [-0.2, -0.15) is 5.10 Å². The predicted molar refractivity (Wildman–Crippen MR) is 71.8 cm³/mol. The largest absolute Gasteiger partial charge is 0.394 e. The number of anilines is 2. The van der Waals surface area contributed by atoms with E-state index in [1.807, 2.05) is 28.9 Å². The first-order chi connectivity index (χ1) is 8.15. The highest BCUT2D eigenvalue weighted by Gasteiger charge is 2.16. The van der Waals surface area contributed by atoms with E-state index in [0.29, 0.717) is 16.5 Å². The fourth-order valence-corrected chi connectivity index (χ4v) is 2.03. The van der Waals surface area contributed by atoms with Crippen LogP contribution in [0.5, 0.6) is 0 Å². The molecule has 1 aromatic heterocycles. The Balaban J connectivity index is 2.61. The van der Waals surface area contributed by atoms with Gasteiger partial charge in [-0.1, -0.05) is 36.7 Å². The standard InChI is InChI=1S/C12H15ClN4/c1-2-7-17-11(10(14)12(15)16-17)8-5-3-4-6-9(8)13/h3-6H,2,7,14H2,1H3,(H2,15,16). The molecule has 0 radical (unpaired) electrons. The van der Waals surface area contributed by atoms with E-state index in [1.165, 1.54) is 0 Å². The van der Waals surface area contributed by atoms with Crippen LogP contribution in [0.3, 0.4) is 0 Å². The van der Waals surface area contributed by atoms with Gasteiger partial charge in [0.2, 0.25) is 0 Å². The van der Waals surface area contributed by atoms with Crippen molar-refractivity contribution in [2.75, 3.05) is 11.5 Å². The van der Waals surface area contributed by atoms with Gasteiger partial charge in [0.25, 0.3) is 0 Å². The summed E-state index contributed by atoms with van der Waals surface area (Å²) < 4.78 is 1.81. The van der Waals surface area contributed by atoms with E-state index in [9.17, 15) is 0 Å². The molecule has 5 heteroatoms. The number of nitrogens with zero attached hydrogens (tertiary/aromatic N) is 2. The first kappa shape index (κ1) is 11.8. The minimum Gasteiger partial charge on any atom is -0.394 e. The van der Waals surface area contributed by atoms with E-state index in [2.05, 4.69) is 12.0 Å². The van der Waals surface area contributed by atoms with Crippen LogP contribution in [0.2, 0.25) is 5.02 Å². The maximum Gasteiger partial charge on any atom is 0.169 e. The molecular formula is C12H15ClN4. The van der Waals surface area contributed by atoms with Crippen LogP contribution in [0.4, 0.5) is 11.5 Å². The van der Waals surface area contributed by atoms with Gasteiger partial charge in [0.05, 0.1) is 10.7 Å². The molecule has 0 aliphatic carbocycles. The van der Waals surface area contributed by atoms with E-state index in [1.54, 1.807) is 0 Å². The Morgan fingerprint density at radius 2 is 2.00 bits per heavy atom. The van der Waals surface area contributed by atoms with Crippen molar-refractivity contribution in [2.24, 2.45) is 0 Å². The molecule has 17 heavy (non-hydrogen) atoms. The van der Waals surface area contributed by atoms with Gasteiger partial charge in [-0.25, -0.2) is 0 Å². The summed E-state index contributed by atoms with van der Waals surface area (Å²) in [5, 5.41) is 4.88. The number of nitrogen functional groups attached to an aromatic ring is 2. The fraction of sp³-hybridized carbons (Fsp3) is 0.250. The maximum atomic E-state index is 6.17. The van der Waals surface area contributed by atoms with Gasteiger partial charge in [-0.3, -0.25) is 4.68 Å². The molecule has 0 amide bonds. The van der Waals surface area contributed by atoms with Crippen molar-refractivity contribution in [3.05, 3.63) is 29.3 Å². The zero-order valence-corrected chi connectivity index (χ0v) is 10.4. The van der Waals surface area contributed by atoms with Crippen molar-refractivity contribution in [3.63, 3.8) is 0 Å². The summed E-state index contributed by atoms with van der Waals surface area (Å²) in [6.45, 7) is 2.84. The van der Waals surface area contributed by atoms with Crippen LogP contribution in [-0.4, -0.2) is 9.78 Å². The Morgan fingerprint density at radius 1 is 1.29 bits per heavy atom. The minimum absolute atomic E-state index is 0.355. The summed E-state index contributed by atoms with van der Waals surface area (Å²) in [5.74, 6) is 0.355. The lowest BCUT2D eigenvalue weighted by atomic mass is 10.1. The number of hydrogen-bond acceptors (Lipinski definition) is 3. The molecule has 1 aromatic carbocycles. The van der Waals surface area contributed by atoms with Gasteiger partial charge in [0.15, 0.2) is 5.82 Å². The van der Waals surface area contributed by atoms with Crippen molar-refractivity contribution in [1.29, 1.82) is 0 Å². The van der Waals surface area contributed by atoms with Crippen LogP contribution in [0, 0.1) is 0 Å². The Labute approximate surface area is 105 Å². The Morgan fingerprint density at radius 3 is 2.65 bits per heavy atom. The molecule has 0 atom stereocenters. The second-order valence-corrected chi connectivity index (χ2v) is 4.26. The molecular weight excluding hydrogens is 236 g/mol. The van der Waals surface area contributed by atoms with Crippen molar-refractivity contribution >= 4 is 23.1 Å². The number of benzene rings is 1. The smallest absolute Gasteiger partial charge is 0.169 e. The van der Waals surface area contributed by atoms with Crippen molar-refractivity contribution in [3.8, 4) is 11.3 Å². The number of hydrogen-bond donors (Lipinski definition) is 2. The van der Waals surface area contributed by atoms with E-state index in [0.717, 1.165) is 24.2 Å². The van der Waals surface area contributed by atoms with Crippen LogP contribution in [0.15, 0.2) is 24.3 Å². The highest BCUT2D eigenvalue weighted by Crippen LogP contribution is 2.34. The quantitative estimate of drug-likeness (QED) is 0.880. The van der Waals surface area contributed by atoms with Gasteiger partial charge in [0, 0.05) is 12.1 Å². The lowest BCUT2D eigenvalue weighted by Gasteiger charge is -2.08. The van der Waals surface area contributed by atoms with Crippen molar-refractivity contribution in [2.45, 2.75) is 19.9 Å². The number of nitrogens with two attached hydrogens (primary N) is 2. The fourth-order valence-electron chi connectivity index (χ4n) is 1.81. The lowest BCUT2D eigenvalue weighted by molar-refractivity contribution is 0.611. The molecule has 0 saturated heterocycles. The molecule has 4 nitrogen and oxygen atoms in total. The molecule has 4 N–H and O–H groups in total. The molecule has 1 heterocycles. The summed E-state index contributed by atoms with van der Waals surface area (Å²) in [7, 11) is 0. The first-order valence-corrected chi connectivity index (χ1v) is 5.89. The summed E-state index contributed by atoms with van der Waals surface area (Å²) in [6, 6.07) is 7.54. The molecule has 0 saturated carbocycles. The Kier molecular flexibility index (Phi) is 3.24. The van der Waals surface area contributed by atoms with Crippen LogP contribution in [-0.2, 0) is 6.54 Å². The molecule has 0 fully saturated rings. The van der Waals surface area contributed by atoms with E-state index >= 15 is 0 Å². The minimum atomic E-state index is 0.355. The number of rotatable bonds is 3. The Hall–Kier alpha value is -1.68. The summed E-state index contributed by atoms with van der Waals surface area (Å²) in [4.78, 5) is 0. The summed E-state index contributed by atoms with van der Waals surface area (Å²) >= 11 is 6.17. The molecule has 0 spiro atoms. The zero-order valence-electron chi connectivity index (χ0n) is 9.65. The molecule has 0 aliphatic heterocycles. The van der Waals surface area contributed by atoms with Gasteiger partial charge in [-0.05, 0) is 12.5 Å². The lowest BCUT2D eigenvalue weighted by Crippen LogP contribution is -2.02. The molecule has 90 valence electrons. The average molecular weight is 251 g/mol. The normalized spacial score (nSPS) is 10.7. The SMILES string of the molecule is CCCn1nc(N)c(N)c1-c1ccccc1Cl. The first-order valence-electron chi connectivity index (χ1n) is 5.51. The Bertz CT molecular complexity index is 533. The second-order valence-electron chi connectivity index (χ2n) is 3.85. The van der Waals surface area contributed by atoms with E-state index in [4.69, 9.17) is 23.1 Å². The molecule has 2 aromatic rings. The third kappa shape index (κ3) is 2.08. The molecule has 0 aliphatic rings. The molecule has 0 unspecified atom stereocenters. The van der Waals surface area contributed by atoms with Gasteiger partial charge in [0.1, 0.15) is 5.69 Å². The summed E-state index contributed by atoms with van der Waals surface area (Å²) in [5.41, 5.74) is 13.9. The summed E-state index contributed by atoms with van der Waals surface area (Å²) in [6.07, 6.45) is 0.956. The molecule has 0 bridgehead atoms. The van der Waals surface area contributed by atoms with Crippen LogP contribution in [0.25, 0.3) is 11.3 Å². The number of aryl methyl sites for hydroxylation is 1. The molecule has 2 rings (SSSR count). The van der Waals surface area contributed by atoms with Crippen LogP contribution < -0.4 is 11.5 Å². The van der Waals surface area contributed by atoms with E-state index < -0.39 is 0 Å². The van der Waals surface area contributed by atoms with Gasteiger partial charge >= 0.3 is 0 Å². The average Bonchev–Trinajstić information content (AvgIpc) is 2.57. The number of aromatic nitrogens is 2. The highest BCUT2D eigenvalue weighted by atomic mass is 35.5. The topological polar surface area (TPSA) is 69.9 Å². The monoisotopic (exact) mass is 250 g/mol. The van der Waals surface area contributed by atoms with Gasteiger partial charge < -0.3 is 11.5 Å². The van der Waals surface area contributed by atoms with E-state index in [-0.39, 0.29) is 0 Å².